The minimum absolute atomic E-state index is 0. The molecule has 60 heavy (non-hydrogen) atoms. The van der Waals surface area contributed by atoms with Crippen LogP contribution in [0.1, 0.15) is 1.43 Å². The molecule has 9 aromatic rings. The summed E-state index contributed by atoms with van der Waals surface area (Å²) in [5.41, 5.74) is 0. The Bertz CT molecular complexity index is 1890. The maximum atomic E-state index is 7.75. The Labute approximate surface area is 374 Å². The maximum Gasteiger partial charge on any atom is 1.00 e. The molecule has 9 aromatic carbocycles. The van der Waals surface area contributed by atoms with Gasteiger partial charge in [0.05, 0.1) is 0 Å². The fourth-order valence-electron chi connectivity index (χ4n) is 6.54. The van der Waals surface area contributed by atoms with Crippen LogP contribution in [0.3, 0.4) is 0 Å². The van der Waals surface area contributed by atoms with E-state index in [0.717, 1.165) is 0 Å². The molecule has 0 aliphatic heterocycles. The van der Waals surface area contributed by atoms with Crippen molar-refractivity contribution in [1.82, 2.24) is 0 Å². The summed E-state index contributed by atoms with van der Waals surface area (Å²) in [5, 5.41) is 12.6. The maximum absolute atomic E-state index is 7.75. The smallest absolute Gasteiger partial charge is 0.545 e. The summed E-state index contributed by atoms with van der Waals surface area (Å²) in [6, 6.07) is 97.0. The molecule has 1 nitrogen and oxygen atoms in total. The zero-order valence-electron chi connectivity index (χ0n) is 34.1. The van der Waals surface area contributed by atoms with E-state index in [1.165, 1.54) is 47.7 Å². The average molecular weight is 920 g/mol. The molecule has 0 heterocycles. The van der Waals surface area contributed by atoms with E-state index in [1.54, 1.807) is 0 Å². The van der Waals surface area contributed by atoms with Crippen molar-refractivity contribution in [2.24, 2.45) is 0 Å². The number of hydrogen-bond acceptors (Lipinski definition) is 1. The standard InChI is InChI=1S/3C18H15P.CHO.Rh/c3*1-4-10-16(11-5-1)19(17-12-6-2-7-13-17)18-14-8-3-9-15-18;1-2;/h3*1-15H;1H;/q;;;-1;/p+1. The quantitative estimate of drug-likeness (QED) is 0.0610. The van der Waals surface area contributed by atoms with Crippen molar-refractivity contribution in [3.05, 3.63) is 273 Å². The van der Waals surface area contributed by atoms with Crippen LogP contribution in [0.2, 0.25) is 0 Å². The van der Waals surface area contributed by atoms with Gasteiger partial charge in [0.2, 0.25) is 0 Å². The van der Waals surface area contributed by atoms with Gasteiger partial charge in [-0.1, -0.05) is 273 Å². The molecule has 0 fully saturated rings. The summed E-state index contributed by atoms with van der Waals surface area (Å²) in [6.45, 7) is 3.25. The van der Waals surface area contributed by atoms with Gasteiger partial charge in [-0.3, -0.25) is 6.79 Å². The number of rotatable bonds is 9. The number of carbonyl (C=O) groups excluding carboxylic acids is 1. The van der Waals surface area contributed by atoms with E-state index in [9.17, 15) is 0 Å². The van der Waals surface area contributed by atoms with Gasteiger partial charge in [0, 0.05) is 19.5 Å². The van der Waals surface area contributed by atoms with E-state index in [1.807, 2.05) is 0 Å². The minimum atomic E-state index is -0.446. The third-order valence-electron chi connectivity index (χ3n) is 9.13. The van der Waals surface area contributed by atoms with Crippen LogP contribution in [0.15, 0.2) is 273 Å². The zero-order valence-corrected chi connectivity index (χ0v) is 37.5. The molecular formula is C55H47OP3Rh. The molecule has 0 saturated heterocycles. The van der Waals surface area contributed by atoms with E-state index in [2.05, 4.69) is 280 Å². The van der Waals surface area contributed by atoms with E-state index in [0.29, 0.717) is 0 Å². The van der Waals surface area contributed by atoms with Gasteiger partial charge in [0.25, 0.3) is 0 Å². The van der Waals surface area contributed by atoms with Gasteiger partial charge in [0.1, 0.15) is 0 Å². The summed E-state index contributed by atoms with van der Waals surface area (Å²) in [5.74, 6) is 0. The molecule has 5 heteroatoms. The molecule has 9 rings (SSSR count). The Morgan fingerprint density at radius 2 is 0.283 bits per heavy atom. The topological polar surface area (TPSA) is 17.1 Å². The molecule has 0 aromatic heterocycles. The fraction of sp³-hybridized carbons (Fsp3) is 0. The molecule has 0 atom stereocenters. The average Bonchev–Trinajstić information content (AvgIpc) is 3.34. The molecule has 0 bridgehead atoms. The summed E-state index contributed by atoms with van der Waals surface area (Å²) in [7, 11) is -1.34. The van der Waals surface area contributed by atoms with Crippen molar-refractivity contribution in [3.63, 3.8) is 0 Å². The predicted octanol–water partition coefficient (Wildman–Crippen LogP) is 10.2. The van der Waals surface area contributed by atoms with Crippen LogP contribution in [0, 0.1) is 0 Å². The molecule has 0 saturated carbocycles. The Morgan fingerprint density at radius 1 is 0.200 bits per heavy atom. The second-order valence-corrected chi connectivity index (χ2v) is 19.7. The first-order valence-electron chi connectivity index (χ1n) is 19.4. The van der Waals surface area contributed by atoms with Crippen molar-refractivity contribution in [1.29, 1.82) is 0 Å². The third-order valence-corrected chi connectivity index (χ3v) is 16.5. The van der Waals surface area contributed by atoms with Crippen LogP contribution in [-0.2, 0) is 24.3 Å². The number of hydrogen-bond donors (Lipinski definition) is 0. The summed E-state index contributed by atoms with van der Waals surface area (Å²) in [6.07, 6.45) is 0. The van der Waals surface area contributed by atoms with Crippen molar-refractivity contribution in [2.75, 3.05) is 0 Å². The van der Waals surface area contributed by atoms with Crippen molar-refractivity contribution in [2.45, 2.75) is 0 Å². The minimum Gasteiger partial charge on any atom is -0.545 e. The van der Waals surface area contributed by atoms with Gasteiger partial charge in [-0.05, 0) is 71.5 Å². The van der Waals surface area contributed by atoms with E-state index in [-0.39, 0.29) is 20.9 Å². The van der Waals surface area contributed by atoms with E-state index < -0.39 is 23.8 Å². The third kappa shape index (κ3) is 13.3. The predicted molar refractivity (Wildman–Crippen MR) is 263 cm³/mol. The number of benzene rings is 9. The Morgan fingerprint density at radius 3 is 0.367 bits per heavy atom. The van der Waals surface area contributed by atoms with Crippen LogP contribution in [0.5, 0.6) is 0 Å². The van der Waals surface area contributed by atoms with Gasteiger partial charge in [-0.15, -0.1) is 0 Å². The van der Waals surface area contributed by atoms with Crippen LogP contribution >= 0.6 is 23.8 Å². The molecule has 297 valence electrons. The SMILES string of the molecule is [CH-]=O.[H+].[Rh].c1ccc(P(c2ccccc2)c2ccccc2)cc1.c1ccc(P(c2ccccc2)c2ccccc2)cc1.c1ccc(P(c2ccccc2)c2ccccc2)cc1. The summed E-state index contributed by atoms with van der Waals surface area (Å²) >= 11 is 0. The van der Waals surface area contributed by atoms with Gasteiger partial charge < -0.3 is 4.79 Å². The van der Waals surface area contributed by atoms with Gasteiger partial charge in [0.15, 0.2) is 0 Å². The first-order chi connectivity index (χ1) is 29.3. The van der Waals surface area contributed by atoms with Crippen molar-refractivity contribution < 1.29 is 25.7 Å². The van der Waals surface area contributed by atoms with E-state index in [4.69, 9.17) is 4.79 Å². The molecule has 1 radical (unpaired) electrons. The first-order valence-corrected chi connectivity index (χ1v) is 23.5. The summed E-state index contributed by atoms with van der Waals surface area (Å²) < 4.78 is 0. The Kier molecular flexibility index (Phi) is 19.7. The molecule has 0 spiro atoms. The summed E-state index contributed by atoms with van der Waals surface area (Å²) in [4.78, 5) is 7.75. The van der Waals surface area contributed by atoms with Crippen LogP contribution in [0.4, 0.5) is 0 Å². The van der Waals surface area contributed by atoms with Crippen molar-refractivity contribution in [3.8, 4) is 0 Å². The normalized spacial score (nSPS) is 10.1. The molecule has 0 amide bonds. The molecular weight excluding hydrogens is 872 g/mol. The van der Waals surface area contributed by atoms with Crippen molar-refractivity contribution >= 4 is 78.3 Å². The Hall–Kier alpha value is -5.44. The van der Waals surface area contributed by atoms with Crippen LogP contribution < -0.4 is 47.7 Å². The van der Waals surface area contributed by atoms with Gasteiger partial charge >= 0.3 is 1.43 Å². The molecule has 0 unspecified atom stereocenters. The molecule has 0 aliphatic carbocycles. The van der Waals surface area contributed by atoms with Crippen LogP contribution in [-0.4, -0.2) is 6.79 Å². The molecule has 0 aliphatic rings. The van der Waals surface area contributed by atoms with Crippen LogP contribution in [0.25, 0.3) is 0 Å². The second-order valence-electron chi connectivity index (χ2n) is 13.0. The molecule has 0 N–H and O–H groups in total. The Balaban J connectivity index is 0.000000194. The van der Waals surface area contributed by atoms with Gasteiger partial charge in [-0.25, -0.2) is 0 Å². The first kappa shape index (κ1) is 45.6. The van der Waals surface area contributed by atoms with E-state index >= 15 is 0 Å². The van der Waals surface area contributed by atoms with Gasteiger partial charge in [-0.2, -0.15) is 0 Å². The zero-order chi connectivity index (χ0) is 40.7. The monoisotopic (exact) mass is 919 g/mol. The largest absolute Gasteiger partial charge is 1.00 e. The second kappa shape index (κ2) is 25.9. The fourth-order valence-corrected chi connectivity index (χ4v) is 13.5.